The second kappa shape index (κ2) is 10.9. The zero-order chi connectivity index (χ0) is 12.3. The molecule has 1 rings (SSSR count). The number of carbonyl (C=O) groups excluding carboxylic acids is 1. The molecule has 4 heteroatoms. The van der Waals surface area contributed by atoms with Crippen LogP contribution in [0.3, 0.4) is 0 Å². The molecule has 1 aromatic heterocycles. The fourth-order valence-electron chi connectivity index (χ4n) is 0.748. The average molecular weight is 214 g/mol. The number of nitrogens with zero attached hydrogens (tertiary/aromatic N) is 1. The van der Waals surface area contributed by atoms with Crippen molar-refractivity contribution in [3.63, 3.8) is 0 Å². The molecular formula is C11H22N2O2. The van der Waals surface area contributed by atoms with Crippen molar-refractivity contribution >= 4 is 5.78 Å². The Morgan fingerprint density at radius 2 is 2.00 bits per heavy atom. The van der Waals surface area contributed by atoms with E-state index in [1.807, 2.05) is 27.7 Å². The van der Waals surface area contributed by atoms with Gasteiger partial charge in [-0.3, -0.25) is 4.79 Å². The number of rotatable bonds is 3. The van der Waals surface area contributed by atoms with Crippen molar-refractivity contribution in [2.45, 2.75) is 47.1 Å². The van der Waals surface area contributed by atoms with Crippen LogP contribution in [0, 0.1) is 0 Å². The molecule has 0 radical (unpaired) electrons. The highest BCUT2D eigenvalue weighted by atomic mass is 16.3. The number of imidazole rings is 1. The summed E-state index contributed by atoms with van der Waals surface area (Å²) < 4.78 is 0. The molecule has 1 aromatic rings. The molecule has 0 aliphatic heterocycles. The lowest BCUT2D eigenvalue weighted by molar-refractivity contribution is -0.124. The highest BCUT2D eigenvalue weighted by Crippen LogP contribution is 1.98. The predicted octanol–water partition coefficient (Wildman–Crippen LogP) is 1.95. The first kappa shape index (κ1) is 16.3. The third-order valence-corrected chi connectivity index (χ3v) is 1.44. The van der Waals surface area contributed by atoms with Gasteiger partial charge in [0, 0.05) is 18.3 Å². The van der Waals surface area contributed by atoms with Gasteiger partial charge < -0.3 is 10.1 Å². The standard InChI is InChI=1S/C7H10N2O2.2C2H6/c1-5(10)7(11)2-6-3-8-4-9-6;2*1-2/h3-4,7,11H,2H2,1H3,(H,8,9);2*1-2H3/t7-;;/m0../s1. The Morgan fingerprint density at radius 1 is 1.47 bits per heavy atom. The van der Waals surface area contributed by atoms with Gasteiger partial charge in [-0.25, -0.2) is 4.98 Å². The normalized spacial score (nSPS) is 10.3. The molecule has 0 amide bonds. The average Bonchev–Trinajstić information content (AvgIpc) is 2.76. The number of aliphatic hydroxyl groups is 1. The van der Waals surface area contributed by atoms with E-state index >= 15 is 0 Å². The number of hydrogen-bond acceptors (Lipinski definition) is 3. The predicted molar refractivity (Wildman–Crippen MR) is 61.7 cm³/mol. The SMILES string of the molecule is CC.CC.CC(=O)[C@@H](O)Cc1cnc[nH]1. The zero-order valence-electron chi connectivity index (χ0n) is 10.2. The molecule has 88 valence electrons. The van der Waals surface area contributed by atoms with E-state index in [0.29, 0.717) is 6.42 Å². The minimum atomic E-state index is -0.907. The van der Waals surface area contributed by atoms with Crippen molar-refractivity contribution in [1.29, 1.82) is 0 Å². The van der Waals surface area contributed by atoms with Gasteiger partial charge >= 0.3 is 0 Å². The number of hydrogen-bond donors (Lipinski definition) is 2. The van der Waals surface area contributed by atoms with Gasteiger partial charge in [0.25, 0.3) is 0 Å². The third kappa shape index (κ3) is 7.88. The van der Waals surface area contributed by atoms with E-state index in [2.05, 4.69) is 9.97 Å². The van der Waals surface area contributed by atoms with Gasteiger partial charge in [-0.2, -0.15) is 0 Å². The summed E-state index contributed by atoms with van der Waals surface area (Å²) in [6.45, 7) is 9.36. The van der Waals surface area contributed by atoms with E-state index in [4.69, 9.17) is 5.11 Å². The molecule has 15 heavy (non-hydrogen) atoms. The van der Waals surface area contributed by atoms with Gasteiger partial charge in [-0.1, -0.05) is 27.7 Å². The summed E-state index contributed by atoms with van der Waals surface area (Å²) in [6, 6.07) is 0. The summed E-state index contributed by atoms with van der Waals surface area (Å²) in [5.41, 5.74) is 0.771. The quantitative estimate of drug-likeness (QED) is 0.808. The molecule has 1 atom stereocenters. The van der Waals surface area contributed by atoms with Gasteiger partial charge in [0.1, 0.15) is 6.10 Å². The van der Waals surface area contributed by atoms with Crippen molar-refractivity contribution in [2.75, 3.05) is 0 Å². The molecule has 4 nitrogen and oxygen atoms in total. The molecule has 2 N–H and O–H groups in total. The van der Waals surface area contributed by atoms with E-state index in [0.717, 1.165) is 5.69 Å². The van der Waals surface area contributed by atoms with Crippen LogP contribution in [0.2, 0.25) is 0 Å². The topological polar surface area (TPSA) is 66.0 Å². The van der Waals surface area contributed by atoms with Gasteiger partial charge in [-0.05, 0) is 6.92 Å². The lowest BCUT2D eigenvalue weighted by Gasteiger charge is -2.02. The summed E-state index contributed by atoms with van der Waals surface area (Å²) in [5.74, 6) is -0.223. The lowest BCUT2D eigenvalue weighted by Crippen LogP contribution is -2.19. The van der Waals surface area contributed by atoms with Crippen LogP contribution < -0.4 is 0 Å². The van der Waals surface area contributed by atoms with Crippen LogP contribution >= 0.6 is 0 Å². The maximum Gasteiger partial charge on any atom is 0.158 e. The first-order chi connectivity index (χ1) is 7.20. The molecule has 0 spiro atoms. The summed E-state index contributed by atoms with van der Waals surface area (Å²) in [6.07, 6.45) is 2.51. The van der Waals surface area contributed by atoms with Crippen molar-refractivity contribution in [2.24, 2.45) is 0 Å². The second-order valence-corrected chi connectivity index (χ2v) is 2.41. The Labute approximate surface area is 91.7 Å². The highest BCUT2D eigenvalue weighted by Gasteiger charge is 2.10. The highest BCUT2D eigenvalue weighted by molar-refractivity contribution is 5.80. The van der Waals surface area contributed by atoms with Gasteiger partial charge in [0.15, 0.2) is 5.78 Å². The molecule has 0 aliphatic rings. The summed E-state index contributed by atoms with van der Waals surface area (Å²) in [5, 5.41) is 9.10. The number of carbonyl (C=O) groups is 1. The molecule has 1 heterocycles. The van der Waals surface area contributed by atoms with Crippen LogP contribution in [0.1, 0.15) is 40.3 Å². The minimum Gasteiger partial charge on any atom is -0.385 e. The maximum atomic E-state index is 10.6. The molecule has 0 unspecified atom stereocenters. The van der Waals surface area contributed by atoms with E-state index in [-0.39, 0.29) is 5.78 Å². The molecule has 0 aliphatic carbocycles. The molecular weight excluding hydrogens is 192 g/mol. The van der Waals surface area contributed by atoms with Crippen molar-refractivity contribution in [1.82, 2.24) is 9.97 Å². The maximum absolute atomic E-state index is 10.6. The van der Waals surface area contributed by atoms with E-state index in [1.54, 1.807) is 6.20 Å². The van der Waals surface area contributed by atoms with Crippen LogP contribution in [0.4, 0.5) is 0 Å². The molecule has 0 bridgehead atoms. The number of ketones is 1. The number of aliphatic hydroxyl groups excluding tert-OH is 1. The van der Waals surface area contributed by atoms with Crippen molar-refractivity contribution in [3.05, 3.63) is 18.2 Å². The van der Waals surface area contributed by atoms with Gasteiger partial charge in [-0.15, -0.1) is 0 Å². The number of aromatic nitrogens is 2. The Hall–Kier alpha value is -1.16. The van der Waals surface area contributed by atoms with E-state index < -0.39 is 6.10 Å². The second-order valence-electron chi connectivity index (χ2n) is 2.41. The Bertz CT molecular complexity index is 233. The number of nitrogens with one attached hydrogen (secondary N) is 1. The van der Waals surface area contributed by atoms with Crippen molar-refractivity contribution < 1.29 is 9.90 Å². The Kier molecular flexibility index (Phi) is 11.8. The fourth-order valence-corrected chi connectivity index (χ4v) is 0.748. The monoisotopic (exact) mass is 214 g/mol. The van der Waals surface area contributed by atoms with Crippen LogP contribution in [0.25, 0.3) is 0 Å². The lowest BCUT2D eigenvalue weighted by atomic mass is 10.1. The summed E-state index contributed by atoms with van der Waals surface area (Å²) >= 11 is 0. The van der Waals surface area contributed by atoms with Crippen molar-refractivity contribution in [3.8, 4) is 0 Å². The van der Waals surface area contributed by atoms with Gasteiger partial charge in [0.05, 0.1) is 6.33 Å². The van der Waals surface area contributed by atoms with Crippen LogP contribution in [0.15, 0.2) is 12.5 Å². The largest absolute Gasteiger partial charge is 0.385 e. The van der Waals surface area contributed by atoms with Crippen LogP contribution in [-0.2, 0) is 11.2 Å². The molecule has 0 saturated heterocycles. The number of aromatic amines is 1. The fraction of sp³-hybridized carbons (Fsp3) is 0.636. The summed E-state index contributed by atoms with van der Waals surface area (Å²) in [7, 11) is 0. The first-order valence-corrected chi connectivity index (χ1v) is 5.36. The Balaban J connectivity index is 0. The first-order valence-electron chi connectivity index (χ1n) is 5.36. The minimum absolute atomic E-state index is 0.223. The van der Waals surface area contributed by atoms with Gasteiger partial charge in [0.2, 0.25) is 0 Å². The van der Waals surface area contributed by atoms with E-state index in [1.165, 1.54) is 13.3 Å². The zero-order valence-corrected chi connectivity index (χ0v) is 10.2. The summed E-state index contributed by atoms with van der Waals surface area (Å²) in [4.78, 5) is 17.1. The van der Waals surface area contributed by atoms with Crippen LogP contribution in [0.5, 0.6) is 0 Å². The molecule has 0 fully saturated rings. The number of Topliss-reactive ketones (excluding diaryl/α,β-unsaturated/α-hetero) is 1. The van der Waals surface area contributed by atoms with E-state index in [9.17, 15) is 4.79 Å². The Morgan fingerprint density at radius 3 is 2.33 bits per heavy atom. The molecule has 0 saturated carbocycles. The molecule has 0 aromatic carbocycles. The number of H-pyrrole nitrogens is 1. The van der Waals surface area contributed by atoms with Crippen LogP contribution in [-0.4, -0.2) is 27.0 Å². The third-order valence-electron chi connectivity index (χ3n) is 1.44. The smallest absolute Gasteiger partial charge is 0.158 e.